The van der Waals surface area contributed by atoms with E-state index in [1.807, 2.05) is 44.2 Å². The summed E-state index contributed by atoms with van der Waals surface area (Å²) in [6.45, 7) is 6.20. The zero-order chi connectivity index (χ0) is 17.9. The van der Waals surface area contributed by atoms with Gasteiger partial charge >= 0.3 is 5.97 Å². The van der Waals surface area contributed by atoms with Crippen molar-refractivity contribution in [3.05, 3.63) is 35.9 Å². The minimum absolute atomic E-state index is 0.0526. The SMILES string of the molecule is CCCCC[C@H](CC(=O)[C@@H](N)C(C)C)C(=O)OCc1ccccc1. The standard InChI is InChI=1S/C20H31NO3/c1-4-5-7-12-17(13-18(22)19(21)15(2)3)20(23)24-14-16-10-8-6-9-11-16/h6,8-11,15,17,19H,4-5,7,12-14,21H2,1-3H3/t17-,19+/m1/s1. The van der Waals surface area contributed by atoms with Crippen molar-refractivity contribution in [3.8, 4) is 0 Å². The number of ether oxygens (including phenoxy) is 1. The zero-order valence-corrected chi connectivity index (χ0v) is 15.2. The molecular weight excluding hydrogens is 302 g/mol. The van der Waals surface area contributed by atoms with Crippen LogP contribution in [-0.4, -0.2) is 17.8 Å². The quantitative estimate of drug-likeness (QED) is 0.493. The lowest BCUT2D eigenvalue weighted by Gasteiger charge is -2.19. The number of carbonyl (C=O) groups is 2. The van der Waals surface area contributed by atoms with Gasteiger partial charge < -0.3 is 10.5 Å². The van der Waals surface area contributed by atoms with Crippen LogP contribution in [0.5, 0.6) is 0 Å². The minimum atomic E-state index is -0.513. The molecule has 0 aromatic heterocycles. The van der Waals surface area contributed by atoms with Gasteiger partial charge in [0.15, 0.2) is 5.78 Å². The van der Waals surface area contributed by atoms with E-state index in [1.165, 1.54) is 0 Å². The monoisotopic (exact) mass is 333 g/mol. The number of ketones is 1. The first-order chi connectivity index (χ1) is 11.5. The molecule has 134 valence electrons. The number of Topliss-reactive ketones (excluding diaryl/α,β-unsaturated/α-hetero) is 1. The van der Waals surface area contributed by atoms with Gasteiger partial charge in [-0.15, -0.1) is 0 Å². The highest BCUT2D eigenvalue weighted by atomic mass is 16.5. The molecule has 4 nitrogen and oxygen atoms in total. The topological polar surface area (TPSA) is 69.4 Å². The van der Waals surface area contributed by atoms with Gasteiger partial charge in [-0.05, 0) is 17.9 Å². The van der Waals surface area contributed by atoms with Crippen LogP contribution in [0.1, 0.15) is 58.4 Å². The molecule has 1 rings (SSSR count). The summed E-state index contributed by atoms with van der Waals surface area (Å²) in [5, 5.41) is 0. The highest BCUT2D eigenvalue weighted by molar-refractivity contribution is 5.88. The molecule has 0 radical (unpaired) electrons. The maximum Gasteiger partial charge on any atom is 0.309 e. The van der Waals surface area contributed by atoms with Crippen LogP contribution in [-0.2, 0) is 20.9 Å². The predicted molar refractivity (Wildman–Crippen MR) is 96.3 cm³/mol. The first-order valence-corrected chi connectivity index (χ1v) is 8.94. The second-order valence-electron chi connectivity index (χ2n) is 6.73. The van der Waals surface area contributed by atoms with Crippen molar-refractivity contribution in [2.45, 2.75) is 65.5 Å². The summed E-state index contributed by atoms with van der Waals surface area (Å²) in [6.07, 6.45) is 3.90. The summed E-state index contributed by atoms with van der Waals surface area (Å²) in [7, 11) is 0. The van der Waals surface area contributed by atoms with Crippen LogP contribution in [0.3, 0.4) is 0 Å². The Hall–Kier alpha value is -1.68. The highest BCUT2D eigenvalue weighted by Gasteiger charge is 2.27. The van der Waals surface area contributed by atoms with Crippen molar-refractivity contribution in [2.75, 3.05) is 0 Å². The van der Waals surface area contributed by atoms with Gasteiger partial charge in [-0.25, -0.2) is 0 Å². The molecule has 0 aliphatic heterocycles. The first-order valence-electron chi connectivity index (χ1n) is 8.94. The van der Waals surface area contributed by atoms with E-state index in [0.717, 1.165) is 24.8 Å². The molecule has 2 atom stereocenters. The van der Waals surface area contributed by atoms with Gasteiger partial charge in [0.05, 0.1) is 12.0 Å². The van der Waals surface area contributed by atoms with Crippen molar-refractivity contribution in [2.24, 2.45) is 17.6 Å². The molecule has 0 unspecified atom stereocenters. The molecule has 4 heteroatoms. The third-order valence-electron chi connectivity index (χ3n) is 4.25. The maximum atomic E-state index is 12.4. The van der Waals surface area contributed by atoms with E-state index in [-0.39, 0.29) is 30.7 Å². The van der Waals surface area contributed by atoms with Crippen molar-refractivity contribution in [1.29, 1.82) is 0 Å². The molecule has 0 spiro atoms. The molecule has 0 aliphatic carbocycles. The van der Waals surface area contributed by atoms with E-state index in [9.17, 15) is 9.59 Å². The Balaban J connectivity index is 2.62. The lowest BCUT2D eigenvalue weighted by atomic mass is 9.90. The second kappa shape index (κ2) is 11.0. The average Bonchev–Trinajstić information content (AvgIpc) is 2.58. The van der Waals surface area contributed by atoms with Crippen LogP contribution in [0.2, 0.25) is 0 Å². The lowest BCUT2D eigenvalue weighted by molar-refractivity contribution is -0.152. The fraction of sp³-hybridized carbons (Fsp3) is 0.600. The maximum absolute atomic E-state index is 12.4. The molecule has 0 amide bonds. The van der Waals surface area contributed by atoms with Gasteiger partial charge in [-0.3, -0.25) is 9.59 Å². The van der Waals surface area contributed by atoms with E-state index in [1.54, 1.807) is 0 Å². The smallest absolute Gasteiger partial charge is 0.309 e. The van der Waals surface area contributed by atoms with E-state index in [2.05, 4.69) is 6.92 Å². The van der Waals surface area contributed by atoms with Crippen LogP contribution < -0.4 is 5.73 Å². The molecule has 2 N–H and O–H groups in total. The third kappa shape index (κ3) is 7.26. The fourth-order valence-electron chi connectivity index (χ4n) is 2.54. The highest BCUT2D eigenvalue weighted by Crippen LogP contribution is 2.19. The first kappa shape index (κ1) is 20.4. The minimum Gasteiger partial charge on any atom is -0.461 e. The summed E-state index contributed by atoms with van der Waals surface area (Å²) < 4.78 is 5.43. The molecule has 0 aliphatic rings. The number of hydrogen-bond donors (Lipinski definition) is 1. The van der Waals surface area contributed by atoms with Crippen LogP contribution in [0.25, 0.3) is 0 Å². The van der Waals surface area contributed by atoms with Crippen molar-refractivity contribution >= 4 is 11.8 Å². The summed E-state index contributed by atoms with van der Waals surface area (Å²) in [4.78, 5) is 24.7. The molecule has 0 fully saturated rings. The van der Waals surface area contributed by atoms with Crippen LogP contribution in [0, 0.1) is 11.8 Å². The summed E-state index contributed by atoms with van der Waals surface area (Å²) in [5.74, 6) is -0.658. The molecule has 0 heterocycles. The van der Waals surface area contributed by atoms with Gasteiger partial charge in [0, 0.05) is 6.42 Å². The molecule has 0 bridgehead atoms. The van der Waals surface area contributed by atoms with Crippen molar-refractivity contribution in [1.82, 2.24) is 0 Å². The fourth-order valence-corrected chi connectivity index (χ4v) is 2.54. The third-order valence-corrected chi connectivity index (χ3v) is 4.25. The zero-order valence-electron chi connectivity index (χ0n) is 15.2. The molecule has 1 aromatic rings. The number of benzene rings is 1. The van der Waals surface area contributed by atoms with Gasteiger partial charge in [0.1, 0.15) is 6.61 Å². The normalized spacial score (nSPS) is 13.5. The summed E-state index contributed by atoms with van der Waals surface area (Å²) >= 11 is 0. The van der Waals surface area contributed by atoms with Crippen molar-refractivity contribution in [3.63, 3.8) is 0 Å². The van der Waals surface area contributed by atoms with E-state index < -0.39 is 12.0 Å². The largest absolute Gasteiger partial charge is 0.461 e. The van der Waals surface area contributed by atoms with Gasteiger partial charge in [-0.2, -0.15) is 0 Å². The number of unbranched alkanes of at least 4 members (excludes halogenated alkanes) is 2. The molecule has 0 saturated carbocycles. The molecule has 24 heavy (non-hydrogen) atoms. The number of rotatable bonds is 11. The molecule has 1 aromatic carbocycles. The van der Waals surface area contributed by atoms with E-state index in [4.69, 9.17) is 10.5 Å². The van der Waals surface area contributed by atoms with E-state index >= 15 is 0 Å². The van der Waals surface area contributed by atoms with Crippen LogP contribution in [0.15, 0.2) is 30.3 Å². The van der Waals surface area contributed by atoms with Gasteiger partial charge in [-0.1, -0.05) is 70.4 Å². The second-order valence-corrected chi connectivity index (χ2v) is 6.73. The Morgan fingerprint density at radius 1 is 1.12 bits per heavy atom. The number of carbonyl (C=O) groups excluding carboxylic acids is 2. The lowest BCUT2D eigenvalue weighted by Crippen LogP contribution is -2.37. The Kier molecular flexibility index (Phi) is 9.31. The Labute approximate surface area is 145 Å². The van der Waals surface area contributed by atoms with Gasteiger partial charge in [0.25, 0.3) is 0 Å². The predicted octanol–water partition coefficient (Wildman–Crippen LogP) is 3.87. The number of esters is 1. The number of nitrogens with two attached hydrogens (primary N) is 1. The van der Waals surface area contributed by atoms with Gasteiger partial charge in [0.2, 0.25) is 0 Å². The summed E-state index contributed by atoms with van der Waals surface area (Å²) in [5.41, 5.74) is 6.87. The average molecular weight is 333 g/mol. The van der Waals surface area contributed by atoms with Crippen molar-refractivity contribution < 1.29 is 14.3 Å². The Morgan fingerprint density at radius 3 is 2.38 bits per heavy atom. The Morgan fingerprint density at radius 2 is 1.79 bits per heavy atom. The van der Waals surface area contributed by atoms with Crippen LogP contribution in [0.4, 0.5) is 0 Å². The van der Waals surface area contributed by atoms with E-state index in [0.29, 0.717) is 6.42 Å². The van der Waals surface area contributed by atoms with Crippen LogP contribution >= 0.6 is 0 Å². The molecular formula is C20H31NO3. The summed E-state index contributed by atoms with van der Waals surface area (Å²) in [6, 6.07) is 9.06. The molecule has 0 saturated heterocycles. The Bertz CT molecular complexity index is 499. The number of hydrogen-bond acceptors (Lipinski definition) is 4.